The molecule has 1 fully saturated rings. The van der Waals surface area contributed by atoms with E-state index in [2.05, 4.69) is 54.4 Å². The van der Waals surface area contributed by atoms with Crippen molar-refractivity contribution < 1.29 is 0 Å². The second-order valence-electron chi connectivity index (χ2n) is 6.82. The highest BCUT2D eigenvalue weighted by atomic mass is 32.1. The van der Waals surface area contributed by atoms with E-state index in [1.165, 1.54) is 31.2 Å². The summed E-state index contributed by atoms with van der Waals surface area (Å²) in [6.45, 7) is 6.64. The number of hydrogen-bond acceptors (Lipinski definition) is 2. The molecule has 1 aliphatic carbocycles. The quantitative estimate of drug-likeness (QED) is 0.479. The fourth-order valence-electron chi connectivity index (χ4n) is 2.96. The molecule has 132 valence electrons. The van der Waals surface area contributed by atoms with Gasteiger partial charge in [0.1, 0.15) is 0 Å². The topological polar surface area (TPSA) is 48.1 Å². The van der Waals surface area contributed by atoms with Crippen LogP contribution in [0.4, 0.5) is 5.69 Å². The molecule has 0 bridgehead atoms. The zero-order chi connectivity index (χ0) is 17.5. The van der Waals surface area contributed by atoms with E-state index >= 15 is 0 Å². The molecule has 0 amide bonds. The summed E-state index contributed by atoms with van der Waals surface area (Å²) in [6, 6.07) is 8.73. The summed E-state index contributed by atoms with van der Waals surface area (Å²) in [5.74, 6) is 1.18. The number of hydrazine groups is 1. The van der Waals surface area contributed by atoms with E-state index in [-0.39, 0.29) is 0 Å². The van der Waals surface area contributed by atoms with Gasteiger partial charge in [-0.05, 0) is 66.8 Å². The van der Waals surface area contributed by atoms with Crippen molar-refractivity contribution in [1.82, 2.24) is 16.2 Å². The number of anilines is 1. The number of rotatable bonds is 3. The van der Waals surface area contributed by atoms with Gasteiger partial charge in [-0.1, -0.05) is 45.7 Å². The summed E-state index contributed by atoms with van der Waals surface area (Å²) in [4.78, 5) is 0. The Labute approximate surface area is 156 Å². The van der Waals surface area contributed by atoms with Crippen LogP contribution in [0.3, 0.4) is 0 Å². The van der Waals surface area contributed by atoms with Crippen molar-refractivity contribution in [3.8, 4) is 0 Å². The SMILES string of the molecule is CC(C)c1ccc(NC(=S)NNC(=S)N[C@H]2CCCC[C@H]2C)cc1. The van der Waals surface area contributed by atoms with Crippen LogP contribution >= 0.6 is 24.4 Å². The maximum atomic E-state index is 5.34. The average Bonchev–Trinajstić information content (AvgIpc) is 2.55. The maximum Gasteiger partial charge on any atom is 0.189 e. The van der Waals surface area contributed by atoms with Crippen LogP contribution in [0, 0.1) is 5.92 Å². The third-order valence-electron chi connectivity index (χ3n) is 4.55. The summed E-state index contributed by atoms with van der Waals surface area (Å²) in [5.41, 5.74) is 8.17. The van der Waals surface area contributed by atoms with Gasteiger partial charge in [0.25, 0.3) is 0 Å². The van der Waals surface area contributed by atoms with Gasteiger partial charge < -0.3 is 10.6 Å². The first-order valence-corrected chi connectivity index (χ1v) is 9.51. The molecular weight excluding hydrogens is 336 g/mol. The lowest BCUT2D eigenvalue weighted by atomic mass is 9.86. The van der Waals surface area contributed by atoms with E-state index in [0.29, 0.717) is 28.1 Å². The van der Waals surface area contributed by atoms with Gasteiger partial charge in [0.2, 0.25) is 0 Å². The second-order valence-corrected chi connectivity index (χ2v) is 7.64. The molecule has 1 aliphatic rings. The molecule has 1 aromatic carbocycles. The zero-order valence-electron chi connectivity index (χ0n) is 14.7. The van der Waals surface area contributed by atoms with Gasteiger partial charge in [0.05, 0.1) is 0 Å². The molecule has 0 saturated heterocycles. The van der Waals surface area contributed by atoms with Crippen LogP contribution in [0.5, 0.6) is 0 Å². The molecule has 4 N–H and O–H groups in total. The van der Waals surface area contributed by atoms with E-state index < -0.39 is 0 Å². The normalized spacial score (nSPS) is 20.3. The molecule has 0 aliphatic heterocycles. The number of benzene rings is 1. The first kappa shape index (κ1) is 18.9. The summed E-state index contributed by atoms with van der Waals surface area (Å²) in [6.07, 6.45) is 5.03. The van der Waals surface area contributed by atoms with Crippen molar-refractivity contribution in [2.45, 2.75) is 58.4 Å². The third-order valence-corrected chi connectivity index (χ3v) is 4.98. The van der Waals surface area contributed by atoms with Gasteiger partial charge in [-0.3, -0.25) is 10.9 Å². The lowest BCUT2D eigenvalue weighted by molar-refractivity contribution is 0.308. The lowest BCUT2D eigenvalue weighted by Gasteiger charge is -2.30. The van der Waals surface area contributed by atoms with E-state index in [1.807, 2.05) is 12.1 Å². The monoisotopic (exact) mass is 364 g/mol. The van der Waals surface area contributed by atoms with Crippen LogP contribution in [0.1, 0.15) is 57.9 Å². The standard InChI is InChI=1S/C18H28N4S2/c1-12(2)14-8-10-15(11-9-14)19-17(23)21-22-18(24)20-16-7-5-4-6-13(16)3/h8-13,16H,4-7H2,1-3H3,(H2,19,21,23)(H2,20,22,24)/t13-,16+/m1/s1. The number of thiocarbonyl (C=S) groups is 2. The van der Waals surface area contributed by atoms with Crippen molar-refractivity contribution in [2.75, 3.05) is 5.32 Å². The van der Waals surface area contributed by atoms with E-state index in [0.717, 1.165) is 5.69 Å². The first-order chi connectivity index (χ1) is 11.5. The molecule has 0 radical (unpaired) electrons. The molecule has 0 unspecified atom stereocenters. The summed E-state index contributed by atoms with van der Waals surface area (Å²) >= 11 is 10.6. The molecule has 1 aromatic rings. The van der Waals surface area contributed by atoms with Gasteiger partial charge in [0, 0.05) is 11.7 Å². The Morgan fingerprint density at radius 1 is 1.00 bits per heavy atom. The van der Waals surface area contributed by atoms with Crippen LogP contribution in [-0.2, 0) is 0 Å². The van der Waals surface area contributed by atoms with E-state index in [4.69, 9.17) is 24.4 Å². The van der Waals surface area contributed by atoms with Crippen molar-refractivity contribution in [1.29, 1.82) is 0 Å². The van der Waals surface area contributed by atoms with Crippen molar-refractivity contribution in [3.63, 3.8) is 0 Å². The van der Waals surface area contributed by atoms with Gasteiger partial charge in [-0.15, -0.1) is 0 Å². The fraction of sp³-hybridized carbons (Fsp3) is 0.556. The van der Waals surface area contributed by atoms with Crippen LogP contribution in [0.2, 0.25) is 0 Å². The Morgan fingerprint density at radius 3 is 2.25 bits per heavy atom. The van der Waals surface area contributed by atoms with Crippen LogP contribution < -0.4 is 21.5 Å². The Bertz CT molecular complexity index is 557. The van der Waals surface area contributed by atoms with Crippen LogP contribution in [-0.4, -0.2) is 16.3 Å². The van der Waals surface area contributed by atoms with E-state index in [9.17, 15) is 0 Å². The predicted molar refractivity (Wildman–Crippen MR) is 110 cm³/mol. The highest BCUT2D eigenvalue weighted by Crippen LogP contribution is 2.23. The molecule has 0 spiro atoms. The molecule has 0 aromatic heterocycles. The van der Waals surface area contributed by atoms with Crippen LogP contribution in [0.25, 0.3) is 0 Å². The smallest absolute Gasteiger partial charge is 0.189 e. The molecule has 2 rings (SSSR count). The Hall–Kier alpha value is -1.40. The number of hydrogen-bond donors (Lipinski definition) is 4. The average molecular weight is 365 g/mol. The molecule has 24 heavy (non-hydrogen) atoms. The second kappa shape index (κ2) is 9.18. The van der Waals surface area contributed by atoms with Gasteiger partial charge >= 0.3 is 0 Å². The van der Waals surface area contributed by atoms with Gasteiger partial charge in [-0.25, -0.2) is 0 Å². The first-order valence-electron chi connectivity index (χ1n) is 8.69. The minimum absolute atomic E-state index is 0.450. The summed E-state index contributed by atoms with van der Waals surface area (Å²) < 4.78 is 0. The largest absolute Gasteiger partial charge is 0.358 e. The molecule has 6 heteroatoms. The highest BCUT2D eigenvalue weighted by Gasteiger charge is 2.21. The molecule has 0 heterocycles. The van der Waals surface area contributed by atoms with Gasteiger partial charge in [-0.2, -0.15) is 0 Å². The Morgan fingerprint density at radius 2 is 1.62 bits per heavy atom. The summed E-state index contributed by atoms with van der Waals surface area (Å²) in [7, 11) is 0. The fourth-order valence-corrected chi connectivity index (χ4v) is 3.33. The lowest BCUT2D eigenvalue weighted by Crippen LogP contribution is -2.52. The molecule has 1 saturated carbocycles. The van der Waals surface area contributed by atoms with Crippen LogP contribution in [0.15, 0.2) is 24.3 Å². The molecular formula is C18H28N4S2. The number of nitrogens with one attached hydrogen (secondary N) is 4. The molecule has 4 nitrogen and oxygen atoms in total. The molecule has 2 atom stereocenters. The summed E-state index contributed by atoms with van der Waals surface area (Å²) in [5, 5.41) is 7.61. The Kier molecular flexibility index (Phi) is 7.24. The van der Waals surface area contributed by atoms with Gasteiger partial charge in [0.15, 0.2) is 10.2 Å². The van der Waals surface area contributed by atoms with Crippen molar-refractivity contribution in [3.05, 3.63) is 29.8 Å². The van der Waals surface area contributed by atoms with E-state index in [1.54, 1.807) is 0 Å². The minimum Gasteiger partial charge on any atom is -0.358 e. The predicted octanol–water partition coefficient (Wildman–Crippen LogP) is 4.05. The van der Waals surface area contributed by atoms with Crippen molar-refractivity contribution in [2.24, 2.45) is 5.92 Å². The minimum atomic E-state index is 0.450. The maximum absolute atomic E-state index is 5.34. The Balaban J connectivity index is 1.73. The zero-order valence-corrected chi connectivity index (χ0v) is 16.3. The van der Waals surface area contributed by atoms with Crippen molar-refractivity contribution >= 4 is 40.3 Å². The highest BCUT2D eigenvalue weighted by molar-refractivity contribution is 7.80. The third kappa shape index (κ3) is 5.91.